The first kappa shape index (κ1) is 16.9. The van der Waals surface area contributed by atoms with Crippen molar-refractivity contribution in [1.29, 1.82) is 0 Å². The molecule has 2 amide bonds. The summed E-state index contributed by atoms with van der Waals surface area (Å²) < 4.78 is 0. The second-order valence-corrected chi connectivity index (χ2v) is 5.05. The summed E-state index contributed by atoms with van der Waals surface area (Å²) >= 11 is 0. The van der Waals surface area contributed by atoms with Crippen LogP contribution in [0.5, 0.6) is 0 Å². The van der Waals surface area contributed by atoms with E-state index in [2.05, 4.69) is 17.6 Å². The molecule has 0 aromatic carbocycles. The van der Waals surface area contributed by atoms with E-state index in [1.165, 1.54) is 0 Å². The summed E-state index contributed by atoms with van der Waals surface area (Å²) in [5, 5.41) is 5.30. The molecule has 0 saturated carbocycles. The van der Waals surface area contributed by atoms with Crippen molar-refractivity contribution in [2.24, 2.45) is 11.7 Å². The first-order valence-electron chi connectivity index (χ1n) is 6.69. The molecule has 0 heterocycles. The largest absolute Gasteiger partial charge is 0.357 e. The summed E-state index contributed by atoms with van der Waals surface area (Å²) in [6, 6.07) is -1.01. The van der Waals surface area contributed by atoms with Crippen molar-refractivity contribution >= 4 is 11.8 Å². The Labute approximate surface area is 110 Å². The van der Waals surface area contributed by atoms with Gasteiger partial charge in [0.1, 0.15) is 6.04 Å². The molecule has 5 heteroatoms. The molecule has 0 aromatic rings. The molecule has 0 rings (SSSR count). The van der Waals surface area contributed by atoms with Gasteiger partial charge in [-0.1, -0.05) is 33.6 Å². The number of likely N-dealkylation sites (N-methyl/N-ethyl adjacent to an activating group) is 1. The van der Waals surface area contributed by atoms with Gasteiger partial charge in [0.15, 0.2) is 0 Å². The van der Waals surface area contributed by atoms with Gasteiger partial charge in [-0.15, -0.1) is 0 Å². The number of carbonyl (C=O) groups is 2. The molecule has 4 N–H and O–H groups in total. The predicted octanol–water partition coefficient (Wildman–Crippen LogP) is 0.781. The highest BCUT2D eigenvalue weighted by Crippen LogP contribution is 2.06. The number of nitrogens with one attached hydrogen (secondary N) is 2. The van der Waals surface area contributed by atoms with Crippen LogP contribution in [0, 0.1) is 5.92 Å². The Morgan fingerprint density at radius 3 is 2.28 bits per heavy atom. The van der Waals surface area contributed by atoms with Gasteiger partial charge in [-0.05, 0) is 18.8 Å². The average molecular weight is 257 g/mol. The lowest BCUT2D eigenvalue weighted by atomic mass is 10.0. The highest BCUT2D eigenvalue weighted by atomic mass is 16.2. The molecule has 5 nitrogen and oxygen atoms in total. The fraction of sp³-hybridized carbons (Fsp3) is 0.846. The first-order chi connectivity index (χ1) is 8.42. The molecule has 0 saturated heterocycles. The third kappa shape index (κ3) is 6.59. The van der Waals surface area contributed by atoms with Gasteiger partial charge >= 0.3 is 0 Å². The zero-order valence-corrected chi connectivity index (χ0v) is 12.0. The fourth-order valence-corrected chi connectivity index (χ4v) is 1.71. The summed E-state index contributed by atoms with van der Waals surface area (Å²) in [5.74, 6) is -0.0723. The van der Waals surface area contributed by atoms with E-state index < -0.39 is 12.1 Å². The monoisotopic (exact) mass is 257 g/mol. The van der Waals surface area contributed by atoms with E-state index in [4.69, 9.17) is 5.73 Å². The number of rotatable bonds is 8. The Morgan fingerprint density at radius 1 is 1.22 bits per heavy atom. The SMILES string of the molecule is CCCCC(N)C(=O)NC(CC(C)C)C(=O)NC. The van der Waals surface area contributed by atoms with E-state index in [0.717, 1.165) is 12.8 Å². The van der Waals surface area contributed by atoms with Crippen LogP contribution >= 0.6 is 0 Å². The zero-order valence-electron chi connectivity index (χ0n) is 12.0. The molecule has 0 aromatic heterocycles. The Hall–Kier alpha value is -1.10. The fourth-order valence-electron chi connectivity index (χ4n) is 1.71. The van der Waals surface area contributed by atoms with Crippen LogP contribution in [0.3, 0.4) is 0 Å². The Kier molecular flexibility index (Phi) is 8.37. The smallest absolute Gasteiger partial charge is 0.242 e. The number of carbonyl (C=O) groups excluding carboxylic acids is 2. The molecule has 0 radical (unpaired) electrons. The van der Waals surface area contributed by atoms with E-state index >= 15 is 0 Å². The van der Waals surface area contributed by atoms with E-state index in [1.54, 1.807) is 7.05 Å². The number of hydrogen-bond acceptors (Lipinski definition) is 3. The van der Waals surface area contributed by atoms with Gasteiger partial charge < -0.3 is 16.4 Å². The molecule has 0 spiro atoms. The van der Waals surface area contributed by atoms with Crippen molar-refractivity contribution in [3.05, 3.63) is 0 Å². The molecular formula is C13H27N3O2. The van der Waals surface area contributed by atoms with Crippen molar-refractivity contribution in [2.75, 3.05) is 7.05 Å². The number of amides is 2. The van der Waals surface area contributed by atoms with Gasteiger partial charge in [-0.25, -0.2) is 0 Å². The first-order valence-corrected chi connectivity index (χ1v) is 6.69. The van der Waals surface area contributed by atoms with Crippen molar-refractivity contribution in [1.82, 2.24) is 10.6 Å². The Bertz CT molecular complexity index is 267. The normalized spacial score (nSPS) is 14.1. The minimum atomic E-state index is -0.524. The number of unbranched alkanes of at least 4 members (excludes halogenated alkanes) is 1. The third-order valence-electron chi connectivity index (χ3n) is 2.79. The number of hydrogen-bond donors (Lipinski definition) is 3. The third-order valence-corrected chi connectivity index (χ3v) is 2.79. The number of nitrogens with two attached hydrogens (primary N) is 1. The molecule has 106 valence electrons. The van der Waals surface area contributed by atoms with Gasteiger partial charge in [0, 0.05) is 7.05 Å². The molecule has 0 aliphatic carbocycles. The summed E-state index contributed by atoms with van der Waals surface area (Å²) in [4.78, 5) is 23.5. The van der Waals surface area contributed by atoms with Gasteiger partial charge in [0.25, 0.3) is 0 Å². The van der Waals surface area contributed by atoms with E-state index in [0.29, 0.717) is 18.8 Å². The standard InChI is InChI=1S/C13H27N3O2/c1-5-6-7-10(14)12(17)16-11(8-9(2)3)13(18)15-4/h9-11H,5-8,14H2,1-4H3,(H,15,18)(H,16,17). The highest BCUT2D eigenvalue weighted by Gasteiger charge is 2.23. The summed E-state index contributed by atoms with van der Waals surface area (Å²) in [6.45, 7) is 6.08. The molecule has 2 atom stereocenters. The minimum Gasteiger partial charge on any atom is -0.357 e. The minimum absolute atomic E-state index is 0.167. The molecule has 2 unspecified atom stereocenters. The quantitative estimate of drug-likeness (QED) is 0.601. The topological polar surface area (TPSA) is 84.2 Å². The van der Waals surface area contributed by atoms with Crippen LogP contribution in [0.4, 0.5) is 0 Å². The van der Waals surface area contributed by atoms with E-state index in [9.17, 15) is 9.59 Å². The van der Waals surface area contributed by atoms with Gasteiger partial charge in [0.2, 0.25) is 11.8 Å². The van der Waals surface area contributed by atoms with Crippen LogP contribution in [0.15, 0.2) is 0 Å². The van der Waals surface area contributed by atoms with Crippen molar-refractivity contribution in [2.45, 2.75) is 58.5 Å². The molecule has 0 bridgehead atoms. The molecular weight excluding hydrogens is 230 g/mol. The van der Waals surface area contributed by atoms with Crippen LogP contribution in [0.25, 0.3) is 0 Å². The Balaban J connectivity index is 4.38. The van der Waals surface area contributed by atoms with Gasteiger partial charge in [-0.2, -0.15) is 0 Å². The summed E-state index contributed by atoms with van der Waals surface area (Å²) in [6.07, 6.45) is 3.20. The summed E-state index contributed by atoms with van der Waals surface area (Å²) in [5.41, 5.74) is 5.78. The van der Waals surface area contributed by atoms with Gasteiger partial charge in [-0.3, -0.25) is 9.59 Å². The maximum atomic E-state index is 11.8. The van der Waals surface area contributed by atoms with Crippen molar-refractivity contribution < 1.29 is 9.59 Å². The van der Waals surface area contributed by atoms with Crippen molar-refractivity contribution in [3.63, 3.8) is 0 Å². The van der Waals surface area contributed by atoms with Crippen LogP contribution in [-0.2, 0) is 9.59 Å². The predicted molar refractivity (Wildman–Crippen MR) is 73.0 cm³/mol. The van der Waals surface area contributed by atoms with E-state index in [-0.39, 0.29) is 11.8 Å². The average Bonchev–Trinajstić information content (AvgIpc) is 2.33. The van der Waals surface area contributed by atoms with Crippen LogP contribution in [-0.4, -0.2) is 30.9 Å². The second-order valence-electron chi connectivity index (χ2n) is 5.05. The molecule has 0 fully saturated rings. The molecule has 18 heavy (non-hydrogen) atoms. The lowest BCUT2D eigenvalue weighted by molar-refractivity contribution is -0.129. The summed E-state index contributed by atoms with van der Waals surface area (Å²) in [7, 11) is 1.57. The highest BCUT2D eigenvalue weighted by molar-refractivity contribution is 5.89. The molecule has 0 aliphatic rings. The van der Waals surface area contributed by atoms with Crippen LogP contribution < -0.4 is 16.4 Å². The van der Waals surface area contributed by atoms with E-state index in [1.807, 2.05) is 13.8 Å². The second kappa shape index (κ2) is 8.91. The van der Waals surface area contributed by atoms with Gasteiger partial charge in [0.05, 0.1) is 6.04 Å². The molecule has 0 aliphatic heterocycles. The lowest BCUT2D eigenvalue weighted by Gasteiger charge is -2.21. The van der Waals surface area contributed by atoms with Crippen LogP contribution in [0.2, 0.25) is 0 Å². The maximum absolute atomic E-state index is 11.8. The van der Waals surface area contributed by atoms with Crippen LogP contribution in [0.1, 0.15) is 46.5 Å². The Morgan fingerprint density at radius 2 is 1.83 bits per heavy atom. The maximum Gasteiger partial charge on any atom is 0.242 e. The van der Waals surface area contributed by atoms with Crippen molar-refractivity contribution in [3.8, 4) is 0 Å². The lowest BCUT2D eigenvalue weighted by Crippen LogP contribution is -2.51. The zero-order chi connectivity index (χ0) is 14.1.